The number of carbonyl (C=O) groups is 1. The molecule has 0 aliphatic heterocycles. The average molecular weight is 429 g/mol. The van der Waals surface area contributed by atoms with Crippen LogP contribution in [0.15, 0.2) is 51.9 Å². The van der Waals surface area contributed by atoms with Crippen LogP contribution in [0, 0.1) is 6.92 Å². The Labute approximate surface area is 175 Å². The van der Waals surface area contributed by atoms with E-state index in [9.17, 15) is 13.2 Å². The lowest BCUT2D eigenvalue weighted by molar-refractivity contribution is -0.114. The van der Waals surface area contributed by atoms with Crippen molar-refractivity contribution in [2.24, 2.45) is 0 Å². The van der Waals surface area contributed by atoms with Crippen molar-refractivity contribution in [2.45, 2.75) is 32.1 Å². The van der Waals surface area contributed by atoms with Crippen LogP contribution >= 0.6 is 0 Å². The van der Waals surface area contributed by atoms with Crippen molar-refractivity contribution >= 4 is 27.5 Å². The number of carbonyl (C=O) groups excluding carboxylic acids is 1. The van der Waals surface area contributed by atoms with Crippen LogP contribution in [-0.2, 0) is 21.2 Å². The SMILES string of the molecule is CCc1cccc(NS(=O)(=O)c2cc(-c3c(C)noc3NC(C)=O)ccc2OC)c1. The summed E-state index contributed by atoms with van der Waals surface area (Å²) < 4.78 is 39.4. The molecule has 1 aromatic heterocycles. The molecule has 8 nitrogen and oxygen atoms in total. The largest absolute Gasteiger partial charge is 0.495 e. The number of benzene rings is 2. The number of anilines is 2. The molecule has 0 atom stereocenters. The van der Waals surface area contributed by atoms with Gasteiger partial charge in [-0.2, -0.15) is 0 Å². The Morgan fingerprint density at radius 1 is 1.20 bits per heavy atom. The predicted octanol–water partition coefficient (Wildman–Crippen LogP) is 3.98. The van der Waals surface area contributed by atoms with Crippen LogP contribution in [0.1, 0.15) is 25.1 Å². The molecular formula is C21H23N3O5S. The molecule has 0 radical (unpaired) electrons. The fourth-order valence-corrected chi connectivity index (χ4v) is 4.31. The first-order chi connectivity index (χ1) is 14.2. The number of aryl methyl sites for hydroxylation is 2. The number of amides is 1. The maximum Gasteiger partial charge on any atom is 0.265 e. The normalized spacial score (nSPS) is 11.2. The number of aromatic nitrogens is 1. The van der Waals surface area contributed by atoms with E-state index < -0.39 is 10.0 Å². The first-order valence-corrected chi connectivity index (χ1v) is 10.8. The molecule has 3 aromatic rings. The lowest BCUT2D eigenvalue weighted by Crippen LogP contribution is -2.14. The molecule has 0 fully saturated rings. The summed E-state index contributed by atoms with van der Waals surface area (Å²) in [6.45, 7) is 5.05. The summed E-state index contributed by atoms with van der Waals surface area (Å²) in [6, 6.07) is 11.9. The number of hydrogen-bond acceptors (Lipinski definition) is 6. The summed E-state index contributed by atoms with van der Waals surface area (Å²) >= 11 is 0. The quantitative estimate of drug-likeness (QED) is 0.588. The number of nitrogens with one attached hydrogen (secondary N) is 2. The van der Waals surface area contributed by atoms with Gasteiger partial charge in [0.25, 0.3) is 10.0 Å². The molecule has 2 aromatic carbocycles. The molecule has 2 N–H and O–H groups in total. The molecule has 3 rings (SSSR count). The Kier molecular flexibility index (Phi) is 6.12. The van der Waals surface area contributed by atoms with E-state index in [1.165, 1.54) is 20.1 Å². The fourth-order valence-electron chi connectivity index (χ4n) is 3.06. The molecule has 0 saturated carbocycles. The Hall–Kier alpha value is -3.33. The Balaban J connectivity index is 2.07. The van der Waals surface area contributed by atoms with Gasteiger partial charge in [-0.15, -0.1) is 0 Å². The Morgan fingerprint density at radius 3 is 2.63 bits per heavy atom. The second-order valence-corrected chi connectivity index (χ2v) is 8.33. The lowest BCUT2D eigenvalue weighted by Gasteiger charge is -2.14. The molecule has 0 saturated heterocycles. The number of ether oxygens (including phenoxy) is 1. The second kappa shape index (κ2) is 8.58. The summed E-state index contributed by atoms with van der Waals surface area (Å²) in [6.07, 6.45) is 0.785. The molecule has 0 aliphatic rings. The van der Waals surface area contributed by atoms with Crippen LogP contribution in [-0.4, -0.2) is 26.6 Å². The summed E-state index contributed by atoms with van der Waals surface area (Å²) in [5.74, 6) is 0.0106. The van der Waals surface area contributed by atoms with E-state index in [2.05, 4.69) is 15.2 Å². The minimum Gasteiger partial charge on any atom is -0.495 e. The molecule has 1 heterocycles. The number of hydrogen-bond donors (Lipinski definition) is 2. The van der Waals surface area contributed by atoms with Gasteiger partial charge in [-0.05, 0) is 48.7 Å². The number of sulfonamides is 1. The minimum atomic E-state index is -3.96. The highest BCUT2D eigenvalue weighted by Gasteiger charge is 2.24. The van der Waals surface area contributed by atoms with Gasteiger partial charge in [0.05, 0.1) is 18.4 Å². The highest BCUT2D eigenvalue weighted by atomic mass is 32.2. The van der Waals surface area contributed by atoms with Crippen molar-refractivity contribution in [3.63, 3.8) is 0 Å². The van der Waals surface area contributed by atoms with E-state index in [0.29, 0.717) is 22.5 Å². The van der Waals surface area contributed by atoms with Crippen molar-refractivity contribution in [1.29, 1.82) is 0 Å². The van der Waals surface area contributed by atoms with Crippen LogP contribution in [0.25, 0.3) is 11.1 Å². The zero-order valence-corrected chi connectivity index (χ0v) is 18.0. The highest BCUT2D eigenvalue weighted by Crippen LogP contribution is 2.36. The third-order valence-corrected chi connectivity index (χ3v) is 5.88. The lowest BCUT2D eigenvalue weighted by atomic mass is 10.1. The van der Waals surface area contributed by atoms with Crippen molar-refractivity contribution in [2.75, 3.05) is 17.1 Å². The van der Waals surface area contributed by atoms with E-state index in [0.717, 1.165) is 12.0 Å². The second-order valence-electron chi connectivity index (χ2n) is 6.68. The van der Waals surface area contributed by atoms with Gasteiger partial charge in [0.1, 0.15) is 10.6 Å². The summed E-state index contributed by atoms with van der Waals surface area (Å²) in [7, 11) is -2.55. The third-order valence-electron chi connectivity index (χ3n) is 4.48. The number of nitrogens with zero attached hydrogens (tertiary/aromatic N) is 1. The molecule has 9 heteroatoms. The first kappa shape index (κ1) is 21.4. The Morgan fingerprint density at radius 2 is 1.97 bits per heavy atom. The molecule has 0 spiro atoms. The van der Waals surface area contributed by atoms with Crippen molar-refractivity contribution in [3.05, 3.63) is 53.7 Å². The summed E-state index contributed by atoms with van der Waals surface area (Å²) in [5, 5.41) is 6.45. The topological polar surface area (TPSA) is 111 Å². The molecular weight excluding hydrogens is 406 g/mol. The molecule has 30 heavy (non-hydrogen) atoms. The van der Waals surface area contributed by atoms with Gasteiger partial charge >= 0.3 is 0 Å². The van der Waals surface area contributed by atoms with E-state index in [1.807, 2.05) is 13.0 Å². The smallest absolute Gasteiger partial charge is 0.265 e. The summed E-state index contributed by atoms with van der Waals surface area (Å²) in [5.41, 5.74) is 2.99. The summed E-state index contributed by atoms with van der Waals surface area (Å²) in [4.78, 5) is 11.4. The van der Waals surface area contributed by atoms with Crippen molar-refractivity contribution < 1.29 is 22.5 Å². The van der Waals surface area contributed by atoms with Crippen molar-refractivity contribution in [3.8, 4) is 16.9 Å². The Bertz CT molecular complexity index is 1190. The monoisotopic (exact) mass is 429 g/mol. The van der Waals surface area contributed by atoms with Crippen LogP contribution in [0.2, 0.25) is 0 Å². The molecule has 1 amide bonds. The minimum absolute atomic E-state index is 0.0428. The first-order valence-electron chi connectivity index (χ1n) is 9.29. The van der Waals surface area contributed by atoms with Gasteiger partial charge < -0.3 is 9.26 Å². The number of methoxy groups -OCH3 is 1. The average Bonchev–Trinajstić information content (AvgIpc) is 3.06. The predicted molar refractivity (Wildman–Crippen MR) is 114 cm³/mol. The van der Waals surface area contributed by atoms with Gasteiger partial charge in [0.2, 0.25) is 11.8 Å². The molecule has 158 valence electrons. The van der Waals surface area contributed by atoms with Crippen molar-refractivity contribution in [1.82, 2.24) is 5.16 Å². The highest BCUT2D eigenvalue weighted by molar-refractivity contribution is 7.92. The zero-order chi connectivity index (χ0) is 21.9. The van der Waals surface area contributed by atoms with Gasteiger partial charge in [-0.25, -0.2) is 8.42 Å². The van der Waals surface area contributed by atoms with Crippen LogP contribution in [0.3, 0.4) is 0 Å². The van der Waals surface area contributed by atoms with Crippen LogP contribution < -0.4 is 14.8 Å². The fraction of sp³-hybridized carbons (Fsp3) is 0.238. The van der Waals surface area contributed by atoms with E-state index in [1.54, 1.807) is 37.3 Å². The molecule has 0 unspecified atom stereocenters. The van der Waals surface area contributed by atoms with Gasteiger partial charge in [-0.3, -0.25) is 14.8 Å². The zero-order valence-electron chi connectivity index (χ0n) is 17.1. The molecule has 0 bridgehead atoms. The van der Waals surface area contributed by atoms with Gasteiger partial charge in [-0.1, -0.05) is 30.3 Å². The van der Waals surface area contributed by atoms with E-state index >= 15 is 0 Å². The van der Waals surface area contributed by atoms with Gasteiger partial charge in [0, 0.05) is 12.6 Å². The maximum absolute atomic E-state index is 13.2. The van der Waals surface area contributed by atoms with E-state index in [4.69, 9.17) is 9.26 Å². The van der Waals surface area contributed by atoms with E-state index in [-0.39, 0.29) is 22.4 Å². The maximum atomic E-state index is 13.2. The number of rotatable bonds is 7. The third kappa shape index (κ3) is 4.46. The van der Waals surface area contributed by atoms with Crippen LogP contribution in [0.5, 0.6) is 5.75 Å². The standard InChI is InChI=1S/C21H23N3O5S/c1-5-15-7-6-8-17(11-15)24-30(26,27)19-12-16(9-10-18(19)28-4)20-13(2)23-29-21(20)22-14(3)25/h6-12,24H,5H2,1-4H3,(H,22,25). The molecule has 0 aliphatic carbocycles. The van der Waals surface area contributed by atoms with Crippen LogP contribution in [0.4, 0.5) is 11.6 Å². The van der Waals surface area contributed by atoms with Gasteiger partial charge in [0.15, 0.2) is 0 Å².